The normalized spacial score (nSPS) is 10.5. The molecule has 5 nitrogen and oxygen atoms in total. The van der Waals surface area contributed by atoms with Crippen molar-refractivity contribution >= 4 is 0 Å². The Balaban J connectivity index is 2.14. The zero-order chi connectivity index (χ0) is 10.5. The minimum atomic E-state index is 0.654. The standard InChI is InChI=1S/C10H13N5/c1-11-7-5-9-13-10(15-14-9)8-4-2-3-6-12-8/h2-4,6,11H,5,7H2,1H3,(H,13,14,15). The van der Waals surface area contributed by atoms with Gasteiger partial charge in [-0.25, -0.2) is 4.98 Å². The van der Waals surface area contributed by atoms with Crippen LogP contribution >= 0.6 is 0 Å². The van der Waals surface area contributed by atoms with Crippen LogP contribution in [0.3, 0.4) is 0 Å². The predicted molar refractivity (Wildman–Crippen MR) is 57.2 cm³/mol. The zero-order valence-electron chi connectivity index (χ0n) is 8.57. The molecular formula is C10H13N5. The third kappa shape index (κ3) is 2.38. The summed E-state index contributed by atoms with van der Waals surface area (Å²) < 4.78 is 0. The van der Waals surface area contributed by atoms with E-state index in [4.69, 9.17) is 0 Å². The number of rotatable bonds is 4. The van der Waals surface area contributed by atoms with E-state index in [2.05, 4.69) is 25.5 Å². The smallest absolute Gasteiger partial charge is 0.199 e. The van der Waals surface area contributed by atoms with Crippen molar-refractivity contribution in [2.45, 2.75) is 6.42 Å². The summed E-state index contributed by atoms with van der Waals surface area (Å²) in [5.41, 5.74) is 0.796. The summed E-state index contributed by atoms with van der Waals surface area (Å²) in [5, 5.41) is 10.1. The van der Waals surface area contributed by atoms with E-state index in [1.165, 1.54) is 0 Å². The van der Waals surface area contributed by atoms with Crippen LogP contribution in [0.4, 0.5) is 0 Å². The lowest BCUT2D eigenvalue weighted by Crippen LogP contribution is -2.11. The molecule has 0 aliphatic carbocycles. The number of hydrogen-bond donors (Lipinski definition) is 2. The average molecular weight is 203 g/mol. The van der Waals surface area contributed by atoms with Gasteiger partial charge in [0.15, 0.2) is 5.82 Å². The maximum atomic E-state index is 4.35. The van der Waals surface area contributed by atoms with Crippen LogP contribution in [0.15, 0.2) is 24.4 Å². The quantitative estimate of drug-likeness (QED) is 0.764. The zero-order valence-corrected chi connectivity index (χ0v) is 8.57. The van der Waals surface area contributed by atoms with Gasteiger partial charge >= 0.3 is 0 Å². The highest BCUT2D eigenvalue weighted by molar-refractivity contribution is 5.47. The van der Waals surface area contributed by atoms with Crippen LogP contribution in [0, 0.1) is 0 Å². The molecule has 5 heteroatoms. The predicted octanol–water partition coefficient (Wildman–Crippen LogP) is 0.629. The molecule has 0 saturated carbocycles. The molecule has 0 aliphatic heterocycles. The summed E-state index contributed by atoms with van der Waals surface area (Å²) in [6.45, 7) is 0.886. The molecule has 2 aromatic rings. The molecule has 2 rings (SSSR count). The second kappa shape index (κ2) is 4.65. The average Bonchev–Trinajstić information content (AvgIpc) is 2.76. The lowest BCUT2D eigenvalue weighted by molar-refractivity contribution is 0.758. The maximum absolute atomic E-state index is 4.35. The van der Waals surface area contributed by atoms with Gasteiger partial charge in [-0.05, 0) is 19.2 Å². The first-order chi connectivity index (χ1) is 7.40. The number of likely N-dealkylation sites (N-methyl/N-ethyl adjacent to an activating group) is 1. The van der Waals surface area contributed by atoms with E-state index in [9.17, 15) is 0 Å². The van der Waals surface area contributed by atoms with Crippen molar-refractivity contribution < 1.29 is 0 Å². The van der Waals surface area contributed by atoms with Gasteiger partial charge in [-0.1, -0.05) is 6.07 Å². The Morgan fingerprint density at radius 3 is 3.07 bits per heavy atom. The summed E-state index contributed by atoms with van der Waals surface area (Å²) in [4.78, 5) is 8.53. The first-order valence-corrected chi connectivity index (χ1v) is 4.87. The Morgan fingerprint density at radius 1 is 1.40 bits per heavy atom. The Labute approximate surface area is 88.0 Å². The number of aromatic nitrogens is 4. The number of aromatic amines is 1. The van der Waals surface area contributed by atoms with Crippen molar-refractivity contribution in [3.63, 3.8) is 0 Å². The Bertz CT molecular complexity index is 409. The van der Waals surface area contributed by atoms with Gasteiger partial charge in [0, 0.05) is 19.2 Å². The number of nitrogens with zero attached hydrogens (tertiary/aromatic N) is 3. The minimum absolute atomic E-state index is 0.654. The highest BCUT2D eigenvalue weighted by atomic mass is 15.2. The highest BCUT2D eigenvalue weighted by Gasteiger charge is 2.05. The number of H-pyrrole nitrogens is 1. The van der Waals surface area contributed by atoms with E-state index in [0.29, 0.717) is 5.82 Å². The van der Waals surface area contributed by atoms with Gasteiger partial charge in [0.25, 0.3) is 0 Å². The molecule has 2 N–H and O–H groups in total. The van der Waals surface area contributed by atoms with E-state index >= 15 is 0 Å². The van der Waals surface area contributed by atoms with Gasteiger partial charge in [0.05, 0.1) is 0 Å². The van der Waals surface area contributed by atoms with Crippen molar-refractivity contribution in [2.24, 2.45) is 0 Å². The summed E-state index contributed by atoms with van der Waals surface area (Å²) in [7, 11) is 1.91. The van der Waals surface area contributed by atoms with Gasteiger partial charge in [-0.2, -0.15) is 5.10 Å². The van der Waals surface area contributed by atoms with E-state index in [1.54, 1.807) is 6.20 Å². The first-order valence-electron chi connectivity index (χ1n) is 4.87. The fourth-order valence-corrected chi connectivity index (χ4v) is 1.26. The van der Waals surface area contributed by atoms with E-state index in [1.807, 2.05) is 25.2 Å². The van der Waals surface area contributed by atoms with Crippen LogP contribution in [0.1, 0.15) is 5.82 Å². The summed E-state index contributed by atoms with van der Waals surface area (Å²) in [6.07, 6.45) is 2.58. The topological polar surface area (TPSA) is 66.5 Å². The Kier molecular flexibility index (Phi) is 3.04. The first kappa shape index (κ1) is 9.79. The third-order valence-corrected chi connectivity index (χ3v) is 2.04. The molecule has 0 unspecified atom stereocenters. The SMILES string of the molecule is CNCCc1nc(-c2ccccn2)n[nH]1. The molecule has 2 aromatic heterocycles. The molecule has 0 spiro atoms. The highest BCUT2D eigenvalue weighted by Crippen LogP contribution is 2.09. The van der Waals surface area contributed by atoms with Crippen LogP contribution in [0.25, 0.3) is 11.5 Å². The van der Waals surface area contributed by atoms with E-state index in [0.717, 1.165) is 24.5 Å². The van der Waals surface area contributed by atoms with Gasteiger partial charge in [-0.3, -0.25) is 10.1 Å². The molecule has 0 bridgehead atoms. The molecule has 15 heavy (non-hydrogen) atoms. The molecule has 0 aliphatic rings. The van der Waals surface area contributed by atoms with E-state index < -0.39 is 0 Å². The van der Waals surface area contributed by atoms with Crippen molar-refractivity contribution in [2.75, 3.05) is 13.6 Å². The Hall–Kier alpha value is -1.75. The van der Waals surface area contributed by atoms with Crippen LogP contribution < -0.4 is 5.32 Å². The van der Waals surface area contributed by atoms with Crippen molar-refractivity contribution in [3.8, 4) is 11.5 Å². The van der Waals surface area contributed by atoms with Crippen molar-refractivity contribution in [3.05, 3.63) is 30.2 Å². The second-order valence-electron chi connectivity index (χ2n) is 3.17. The number of nitrogens with one attached hydrogen (secondary N) is 2. The van der Waals surface area contributed by atoms with Crippen LogP contribution in [-0.2, 0) is 6.42 Å². The monoisotopic (exact) mass is 203 g/mol. The van der Waals surface area contributed by atoms with Gasteiger partial charge < -0.3 is 5.32 Å². The lowest BCUT2D eigenvalue weighted by Gasteiger charge is -1.93. The molecule has 2 heterocycles. The maximum Gasteiger partial charge on any atom is 0.199 e. The number of pyridine rings is 1. The lowest BCUT2D eigenvalue weighted by atomic mass is 10.3. The van der Waals surface area contributed by atoms with Gasteiger partial charge in [0.2, 0.25) is 0 Å². The Morgan fingerprint density at radius 2 is 2.33 bits per heavy atom. The van der Waals surface area contributed by atoms with Crippen LogP contribution in [0.2, 0.25) is 0 Å². The molecule has 0 aromatic carbocycles. The third-order valence-electron chi connectivity index (χ3n) is 2.04. The summed E-state index contributed by atoms with van der Waals surface area (Å²) in [5.74, 6) is 1.53. The van der Waals surface area contributed by atoms with Crippen LogP contribution in [0.5, 0.6) is 0 Å². The largest absolute Gasteiger partial charge is 0.319 e. The fourth-order valence-electron chi connectivity index (χ4n) is 1.26. The summed E-state index contributed by atoms with van der Waals surface area (Å²) >= 11 is 0. The number of hydrogen-bond acceptors (Lipinski definition) is 4. The molecule has 0 amide bonds. The summed E-state index contributed by atoms with van der Waals surface area (Å²) in [6, 6.07) is 5.69. The molecule has 0 radical (unpaired) electrons. The van der Waals surface area contributed by atoms with Gasteiger partial charge in [-0.15, -0.1) is 0 Å². The molecular weight excluding hydrogens is 190 g/mol. The second-order valence-corrected chi connectivity index (χ2v) is 3.17. The molecule has 0 fully saturated rings. The molecule has 78 valence electrons. The van der Waals surface area contributed by atoms with Crippen LogP contribution in [-0.4, -0.2) is 33.8 Å². The fraction of sp³-hybridized carbons (Fsp3) is 0.300. The van der Waals surface area contributed by atoms with Crippen molar-refractivity contribution in [1.29, 1.82) is 0 Å². The minimum Gasteiger partial charge on any atom is -0.319 e. The van der Waals surface area contributed by atoms with E-state index in [-0.39, 0.29) is 0 Å². The molecule has 0 atom stereocenters. The van der Waals surface area contributed by atoms with Crippen molar-refractivity contribution in [1.82, 2.24) is 25.5 Å². The van der Waals surface area contributed by atoms with Gasteiger partial charge in [0.1, 0.15) is 11.5 Å². The molecule has 0 saturated heterocycles.